The Morgan fingerprint density at radius 1 is 1.23 bits per heavy atom. The van der Waals surface area contributed by atoms with Crippen molar-refractivity contribution in [3.05, 3.63) is 0 Å². The summed E-state index contributed by atoms with van der Waals surface area (Å²) in [5.41, 5.74) is 5.48. The predicted octanol–water partition coefficient (Wildman–Crippen LogP) is -5.47. The molecule has 182 valence electrons. The van der Waals surface area contributed by atoms with Gasteiger partial charge in [-0.3, -0.25) is 4.52 Å². The van der Waals surface area contributed by atoms with Crippen LogP contribution in [0.25, 0.3) is 0 Å². The van der Waals surface area contributed by atoms with Crippen LogP contribution in [0.2, 0.25) is 0 Å². The summed E-state index contributed by atoms with van der Waals surface area (Å²) in [5, 5.41) is 68.3. The van der Waals surface area contributed by atoms with Crippen molar-refractivity contribution in [2.45, 2.75) is 67.3 Å². The first-order valence-corrected chi connectivity index (χ1v) is 10.5. The van der Waals surface area contributed by atoms with Crippen LogP contribution in [-0.2, 0) is 28.1 Å². The van der Waals surface area contributed by atoms with Crippen molar-refractivity contribution >= 4 is 13.8 Å². The van der Waals surface area contributed by atoms with Crippen LogP contribution in [-0.4, -0.2) is 126 Å². The molecule has 0 radical (unpaired) electrons. The van der Waals surface area contributed by atoms with Gasteiger partial charge in [-0.2, -0.15) is 0 Å². The van der Waals surface area contributed by atoms with E-state index in [1.807, 2.05) is 0 Å². The number of nitrogens with two attached hydrogens (primary N) is 1. The highest BCUT2D eigenvalue weighted by Crippen LogP contribution is 2.41. The van der Waals surface area contributed by atoms with Gasteiger partial charge in [0.1, 0.15) is 36.6 Å². The number of carboxylic acid groups (broad SMARTS) is 1. The molecule has 2 aliphatic heterocycles. The summed E-state index contributed by atoms with van der Waals surface area (Å²) in [6, 6.07) is -1.53. The number of phosphoric ester groups is 1. The summed E-state index contributed by atoms with van der Waals surface area (Å²) in [6.45, 7) is -1.88. The van der Waals surface area contributed by atoms with Crippen molar-refractivity contribution in [2.75, 3.05) is 13.2 Å². The molecular weight excluding hydrogens is 453 g/mol. The molecule has 0 aromatic heterocycles. The van der Waals surface area contributed by atoms with Crippen molar-refractivity contribution in [1.29, 1.82) is 0 Å². The molecule has 0 saturated carbocycles. The molecule has 0 aromatic rings. The summed E-state index contributed by atoms with van der Waals surface area (Å²) >= 11 is 0. The number of ether oxygens (including phenoxy) is 3. The first kappa shape index (κ1) is 26.4. The van der Waals surface area contributed by atoms with Crippen LogP contribution in [0.1, 0.15) is 6.42 Å². The van der Waals surface area contributed by atoms with E-state index in [9.17, 15) is 40.0 Å². The molecular formula is C14H26NO15P. The van der Waals surface area contributed by atoms with Crippen molar-refractivity contribution < 1.29 is 73.6 Å². The SMILES string of the molecule is N[C@H]1C(O)O[C@H](CO[C@]2(C(=O)O)C[C@@H](O)[C@@H](O)[C@@H]([C@H](O)CO)O2)[C@@H](OP(=O)(O)O)[C@@H]1O. The fourth-order valence-corrected chi connectivity index (χ4v) is 3.83. The van der Waals surface area contributed by atoms with Gasteiger partial charge in [0.2, 0.25) is 0 Å². The number of rotatable bonds is 8. The molecule has 0 aromatic carbocycles. The van der Waals surface area contributed by atoms with E-state index >= 15 is 0 Å². The van der Waals surface area contributed by atoms with Gasteiger partial charge in [-0.05, 0) is 0 Å². The smallest absolute Gasteiger partial charge is 0.470 e. The Balaban J connectivity index is 2.26. The lowest BCUT2D eigenvalue weighted by Crippen LogP contribution is -2.65. The minimum atomic E-state index is -5.21. The van der Waals surface area contributed by atoms with Crippen LogP contribution < -0.4 is 5.73 Å². The molecule has 31 heavy (non-hydrogen) atoms. The zero-order valence-electron chi connectivity index (χ0n) is 15.8. The molecule has 0 spiro atoms. The summed E-state index contributed by atoms with van der Waals surface area (Å²) in [6.07, 6.45) is -15.3. The van der Waals surface area contributed by atoms with E-state index in [0.717, 1.165) is 0 Å². The molecule has 2 fully saturated rings. The Kier molecular flexibility index (Phi) is 8.51. The Bertz CT molecular complexity index is 676. The minimum absolute atomic E-state index is 0.862. The molecule has 2 aliphatic rings. The molecule has 0 bridgehead atoms. The average molecular weight is 479 g/mol. The molecule has 2 heterocycles. The molecule has 17 heteroatoms. The van der Waals surface area contributed by atoms with Crippen LogP contribution in [0.5, 0.6) is 0 Å². The van der Waals surface area contributed by atoms with E-state index in [1.165, 1.54) is 0 Å². The topological polar surface area (TPSA) is 279 Å². The molecule has 2 rings (SSSR count). The number of aliphatic hydroxyl groups is 6. The van der Waals surface area contributed by atoms with Gasteiger partial charge in [-0.1, -0.05) is 0 Å². The Morgan fingerprint density at radius 3 is 2.35 bits per heavy atom. The summed E-state index contributed by atoms with van der Waals surface area (Å²) < 4.78 is 31.0. The lowest BCUT2D eigenvalue weighted by atomic mass is 9.92. The third-order valence-corrected chi connectivity index (χ3v) is 5.43. The highest BCUT2D eigenvalue weighted by Gasteiger charge is 2.55. The first-order valence-electron chi connectivity index (χ1n) is 8.93. The van der Waals surface area contributed by atoms with Gasteiger partial charge in [0.25, 0.3) is 5.79 Å². The van der Waals surface area contributed by atoms with Crippen LogP contribution in [0.4, 0.5) is 0 Å². The number of hydrogen-bond donors (Lipinski definition) is 10. The zero-order chi connectivity index (χ0) is 23.7. The summed E-state index contributed by atoms with van der Waals surface area (Å²) in [7, 11) is -5.21. The van der Waals surface area contributed by atoms with E-state index in [0.29, 0.717) is 0 Å². The summed E-state index contributed by atoms with van der Waals surface area (Å²) in [5.74, 6) is -4.54. The maximum Gasteiger partial charge on any atom is 0.470 e. The fourth-order valence-electron chi connectivity index (χ4n) is 3.25. The van der Waals surface area contributed by atoms with E-state index < -0.39 is 94.3 Å². The maximum absolute atomic E-state index is 11.8. The quantitative estimate of drug-likeness (QED) is 0.145. The van der Waals surface area contributed by atoms with Gasteiger partial charge in [0.15, 0.2) is 6.29 Å². The number of hydrogen-bond acceptors (Lipinski definition) is 13. The maximum atomic E-state index is 11.8. The Morgan fingerprint density at radius 2 is 1.84 bits per heavy atom. The van der Waals surface area contributed by atoms with Crippen LogP contribution >= 0.6 is 7.82 Å². The normalized spacial score (nSPS) is 42.9. The lowest BCUT2D eigenvalue weighted by Gasteiger charge is -2.45. The average Bonchev–Trinajstić information content (AvgIpc) is 2.68. The van der Waals surface area contributed by atoms with Crippen molar-refractivity contribution in [3.63, 3.8) is 0 Å². The van der Waals surface area contributed by atoms with Crippen molar-refractivity contribution in [1.82, 2.24) is 0 Å². The van der Waals surface area contributed by atoms with Gasteiger partial charge in [-0.25, -0.2) is 9.36 Å². The highest BCUT2D eigenvalue weighted by molar-refractivity contribution is 7.46. The third kappa shape index (κ3) is 5.95. The fraction of sp³-hybridized carbons (Fsp3) is 0.929. The summed E-state index contributed by atoms with van der Waals surface area (Å²) in [4.78, 5) is 29.9. The molecule has 2 saturated heterocycles. The second-order valence-corrected chi connectivity index (χ2v) is 8.35. The molecule has 0 aliphatic carbocycles. The lowest BCUT2D eigenvalue weighted by molar-refractivity contribution is -0.336. The van der Waals surface area contributed by atoms with E-state index in [2.05, 4.69) is 4.52 Å². The van der Waals surface area contributed by atoms with Gasteiger partial charge in [0.05, 0.1) is 25.4 Å². The van der Waals surface area contributed by atoms with Crippen LogP contribution in [0, 0.1) is 0 Å². The van der Waals surface area contributed by atoms with Crippen LogP contribution in [0.3, 0.4) is 0 Å². The molecule has 0 amide bonds. The first-order chi connectivity index (χ1) is 14.2. The third-order valence-electron chi connectivity index (χ3n) is 4.91. The van der Waals surface area contributed by atoms with Crippen molar-refractivity contribution in [3.8, 4) is 0 Å². The second kappa shape index (κ2) is 9.98. The van der Waals surface area contributed by atoms with E-state index in [4.69, 9.17) is 34.8 Å². The monoisotopic (exact) mass is 479 g/mol. The van der Waals surface area contributed by atoms with E-state index in [1.54, 1.807) is 0 Å². The molecule has 16 nitrogen and oxygen atoms in total. The van der Waals surface area contributed by atoms with E-state index in [-0.39, 0.29) is 0 Å². The highest BCUT2D eigenvalue weighted by atomic mass is 31.2. The largest absolute Gasteiger partial charge is 0.477 e. The van der Waals surface area contributed by atoms with Gasteiger partial charge in [0, 0.05) is 6.42 Å². The van der Waals surface area contributed by atoms with Gasteiger partial charge in [-0.15, -0.1) is 0 Å². The van der Waals surface area contributed by atoms with Gasteiger partial charge >= 0.3 is 13.8 Å². The standard InChI is InChI=1S/C14H26NO15P/c15-7-9(20)11(30-31(24,25)26)6(28-12(7)21)3-27-14(13(22)23)1-4(17)8(19)10(29-14)5(18)2-16/h4-12,16-21H,1-3,15H2,(H,22,23)(H2,24,25,26)/t4-,5-,6-,7-,8-,9-,10-,11-,12?,14-/m1/s1. The molecule has 11 N–H and O–H groups in total. The van der Waals surface area contributed by atoms with Crippen LogP contribution in [0.15, 0.2) is 0 Å². The number of carboxylic acids is 1. The minimum Gasteiger partial charge on any atom is -0.477 e. The molecule has 10 atom stereocenters. The zero-order valence-corrected chi connectivity index (χ0v) is 16.7. The number of aliphatic carboxylic acids is 1. The Hall–Kier alpha value is -0.820. The Labute approximate surface area is 174 Å². The van der Waals surface area contributed by atoms with Crippen molar-refractivity contribution in [2.24, 2.45) is 5.73 Å². The molecule has 1 unspecified atom stereocenters. The number of phosphoric acid groups is 1. The number of aliphatic hydroxyl groups excluding tert-OH is 6. The second-order valence-electron chi connectivity index (χ2n) is 7.16. The van der Waals surface area contributed by atoms with Gasteiger partial charge < -0.3 is 65.5 Å². The number of carbonyl (C=O) groups is 1. The predicted molar refractivity (Wildman–Crippen MR) is 92.7 cm³/mol.